The quantitative estimate of drug-likeness (QED) is 0.801. The fraction of sp³-hybridized carbons (Fsp3) is 0.870. The van der Waals surface area contributed by atoms with Gasteiger partial charge in [0.1, 0.15) is 0 Å². The van der Waals surface area contributed by atoms with E-state index in [1.165, 1.54) is 50.5 Å². The summed E-state index contributed by atoms with van der Waals surface area (Å²) in [5.74, 6) is 3.28. The van der Waals surface area contributed by atoms with E-state index in [0.717, 1.165) is 37.2 Å². The molecule has 3 heteroatoms. The molecule has 1 N–H and O–H groups in total. The Morgan fingerprint density at radius 2 is 2.08 bits per heavy atom. The van der Waals surface area contributed by atoms with E-state index in [1.54, 1.807) is 0 Å². The van der Waals surface area contributed by atoms with Gasteiger partial charge in [0.15, 0.2) is 5.78 Å². The van der Waals surface area contributed by atoms with E-state index in [0.29, 0.717) is 17.8 Å². The standard InChI is InChI=1S/C23H34O3/c1-2-22-9-6-18-17-5-4-16(25)13-19(17)15(14-24)12-20(18)21(22)7-10-23(22)8-3-11-26-23/h13,15,17-18,20-21,24H,2-12,14H2,1H3/t15?,17-,18?,20?,21?,22+,23+/m1/s1. The predicted octanol–water partition coefficient (Wildman–Crippen LogP) is 4.29. The van der Waals surface area contributed by atoms with Gasteiger partial charge in [0.2, 0.25) is 0 Å². The summed E-state index contributed by atoms with van der Waals surface area (Å²) in [6, 6.07) is 0. The molecule has 5 aliphatic rings. The van der Waals surface area contributed by atoms with Crippen molar-refractivity contribution >= 4 is 5.78 Å². The zero-order valence-corrected chi connectivity index (χ0v) is 16.2. The maximum absolute atomic E-state index is 12.0. The van der Waals surface area contributed by atoms with Crippen molar-refractivity contribution in [3.05, 3.63) is 11.6 Å². The highest BCUT2D eigenvalue weighted by Crippen LogP contribution is 2.69. The molecule has 0 aromatic rings. The Labute approximate surface area is 157 Å². The average Bonchev–Trinajstić information content (AvgIpc) is 3.27. The largest absolute Gasteiger partial charge is 0.396 e. The highest BCUT2D eigenvalue weighted by Gasteiger charge is 2.65. The molecule has 1 aliphatic heterocycles. The zero-order chi connectivity index (χ0) is 17.9. The lowest BCUT2D eigenvalue weighted by Gasteiger charge is -2.58. The van der Waals surface area contributed by atoms with Crippen LogP contribution in [0.3, 0.4) is 0 Å². The molecule has 26 heavy (non-hydrogen) atoms. The van der Waals surface area contributed by atoms with Crippen LogP contribution in [0.2, 0.25) is 0 Å². The van der Waals surface area contributed by atoms with Crippen molar-refractivity contribution in [1.29, 1.82) is 0 Å². The minimum absolute atomic E-state index is 0.157. The Morgan fingerprint density at radius 1 is 1.19 bits per heavy atom. The fourth-order valence-corrected chi connectivity index (χ4v) is 8.47. The third-order valence-corrected chi connectivity index (χ3v) is 9.42. The van der Waals surface area contributed by atoms with Crippen molar-refractivity contribution in [2.45, 2.75) is 76.7 Å². The van der Waals surface area contributed by atoms with Gasteiger partial charge in [-0.25, -0.2) is 0 Å². The molecule has 7 atom stereocenters. The van der Waals surface area contributed by atoms with Crippen LogP contribution in [0.1, 0.15) is 71.1 Å². The number of ether oxygens (including phenoxy) is 1. The van der Waals surface area contributed by atoms with Crippen LogP contribution >= 0.6 is 0 Å². The first-order valence-corrected chi connectivity index (χ1v) is 11.1. The fourth-order valence-electron chi connectivity index (χ4n) is 8.47. The molecule has 0 bridgehead atoms. The van der Waals surface area contributed by atoms with Gasteiger partial charge in [0.05, 0.1) is 5.60 Å². The number of hydrogen-bond donors (Lipinski definition) is 1. The molecule has 144 valence electrons. The molecule has 3 nitrogen and oxygen atoms in total. The van der Waals surface area contributed by atoms with E-state index < -0.39 is 0 Å². The van der Waals surface area contributed by atoms with Gasteiger partial charge in [-0.3, -0.25) is 4.79 Å². The molecule has 0 radical (unpaired) electrons. The zero-order valence-electron chi connectivity index (χ0n) is 16.2. The molecule has 0 aromatic carbocycles. The third-order valence-electron chi connectivity index (χ3n) is 9.42. The molecule has 4 aliphatic carbocycles. The monoisotopic (exact) mass is 358 g/mol. The van der Waals surface area contributed by atoms with Gasteiger partial charge in [-0.2, -0.15) is 0 Å². The van der Waals surface area contributed by atoms with Crippen molar-refractivity contribution in [3.63, 3.8) is 0 Å². The van der Waals surface area contributed by atoms with Crippen LogP contribution in [-0.2, 0) is 9.53 Å². The summed E-state index contributed by atoms with van der Waals surface area (Å²) < 4.78 is 6.51. The predicted molar refractivity (Wildman–Crippen MR) is 101 cm³/mol. The summed E-state index contributed by atoms with van der Waals surface area (Å²) in [4.78, 5) is 12.0. The van der Waals surface area contributed by atoms with E-state index in [2.05, 4.69) is 6.92 Å². The Hall–Kier alpha value is -0.670. The van der Waals surface area contributed by atoms with E-state index in [9.17, 15) is 9.90 Å². The van der Waals surface area contributed by atoms with Crippen molar-refractivity contribution in [3.8, 4) is 0 Å². The maximum atomic E-state index is 12.0. The topological polar surface area (TPSA) is 46.5 Å². The van der Waals surface area contributed by atoms with Gasteiger partial charge in [-0.1, -0.05) is 12.5 Å². The molecule has 1 spiro atoms. The second kappa shape index (κ2) is 6.17. The Balaban J connectivity index is 1.51. The minimum Gasteiger partial charge on any atom is -0.396 e. The van der Waals surface area contributed by atoms with Crippen LogP contribution < -0.4 is 0 Å². The maximum Gasteiger partial charge on any atom is 0.155 e. The third kappa shape index (κ3) is 2.16. The van der Waals surface area contributed by atoms with E-state index in [4.69, 9.17) is 4.74 Å². The number of carbonyl (C=O) groups is 1. The smallest absolute Gasteiger partial charge is 0.155 e. The molecule has 1 heterocycles. The van der Waals surface area contributed by atoms with Gasteiger partial charge < -0.3 is 9.84 Å². The molecule has 4 unspecified atom stereocenters. The summed E-state index contributed by atoms with van der Waals surface area (Å²) in [6.07, 6.45) is 13.7. The van der Waals surface area contributed by atoms with Crippen LogP contribution in [0.25, 0.3) is 0 Å². The summed E-state index contributed by atoms with van der Waals surface area (Å²) in [7, 11) is 0. The molecule has 4 fully saturated rings. The molecule has 0 amide bonds. The minimum atomic E-state index is 0.157. The van der Waals surface area contributed by atoms with Gasteiger partial charge >= 0.3 is 0 Å². The van der Waals surface area contributed by atoms with Crippen molar-refractivity contribution in [2.24, 2.45) is 35.0 Å². The van der Waals surface area contributed by atoms with Gasteiger partial charge in [0, 0.05) is 31.0 Å². The summed E-state index contributed by atoms with van der Waals surface area (Å²) in [6.45, 7) is 3.57. The van der Waals surface area contributed by atoms with Crippen molar-refractivity contribution in [2.75, 3.05) is 13.2 Å². The second-order valence-corrected chi connectivity index (χ2v) is 9.84. The molecule has 3 saturated carbocycles. The lowest BCUT2D eigenvalue weighted by Crippen LogP contribution is -2.54. The number of rotatable bonds is 2. The van der Waals surface area contributed by atoms with E-state index >= 15 is 0 Å². The lowest BCUT2D eigenvalue weighted by atomic mass is 9.48. The first kappa shape index (κ1) is 17.4. The van der Waals surface area contributed by atoms with Crippen LogP contribution in [0.15, 0.2) is 11.6 Å². The van der Waals surface area contributed by atoms with Gasteiger partial charge in [-0.05, 0) is 87.5 Å². The molecule has 1 saturated heterocycles. The molecule has 0 aromatic heterocycles. The first-order chi connectivity index (χ1) is 12.6. The molecule has 5 rings (SSSR count). The summed E-state index contributed by atoms with van der Waals surface area (Å²) >= 11 is 0. The molecular weight excluding hydrogens is 324 g/mol. The summed E-state index contributed by atoms with van der Waals surface area (Å²) in [5, 5.41) is 10.1. The Morgan fingerprint density at radius 3 is 2.81 bits per heavy atom. The van der Waals surface area contributed by atoms with Crippen LogP contribution in [-0.4, -0.2) is 29.7 Å². The summed E-state index contributed by atoms with van der Waals surface area (Å²) in [5.41, 5.74) is 1.83. The SMILES string of the molecule is CC[C@]12CCC3C(CC(CO)C4=CC(=O)CC[C@@H]43)C1CC[C@@]21CCCO1. The van der Waals surface area contributed by atoms with E-state index in [1.807, 2.05) is 6.08 Å². The number of fused-ring (bicyclic) bond motifs is 6. The number of aliphatic hydroxyl groups is 1. The van der Waals surface area contributed by atoms with Crippen molar-refractivity contribution < 1.29 is 14.6 Å². The first-order valence-electron chi connectivity index (χ1n) is 11.1. The van der Waals surface area contributed by atoms with Crippen LogP contribution in [0, 0.1) is 35.0 Å². The van der Waals surface area contributed by atoms with Gasteiger partial charge in [-0.15, -0.1) is 0 Å². The number of hydrogen-bond acceptors (Lipinski definition) is 3. The Kier molecular flexibility index (Phi) is 4.14. The lowest BCUT2D eigenvalue weighted by molar-refractivity contribution is -0.142. The number of carbonyl (C=O) groups excluding carboxylic acids is 1. The number of aliphatic hydroxyl groups excluding tert-OH is 1. The average molecular weight is 359 g/mol. The van der Waals surface area contributed by atoms with Crippen LogP contribution in [0.5, 0.6) is 0 Å². The van der Waals surface area contributed by atoms with Gasteiger partial charge in [0.25, 0.3) is 0 Å². The molecular formula is C23H34O3. The van der Waals surface area contributed by atoms with Crippen LogP contribution in [0.4, 0.5) is 0 Å². The normalized spacial score (nSPS) is 50.3. The highest BCUT2D eigenvalue weighted by atomic mass is 16.5. The van der Waals surface area contributed by atoms with Crippen molar-refractivity contribution in [1.82, 2.24) is 0 Å². The second-order valence-electron chi connectivity index (χ2n) is 9.84. The Bertz CT molecular complexity index is 617. The number of ketones is 1. The van der Waals surface area contributed by atoms with E-state index in [-0.39, 0.29) is 23.9 Å². The highest BCUT2D eigenvalue weighted by molar-refractivity contribution is 5.91.